The van der Waals surface area contributed by atoms with E-state index in [9.17, 15) is 4.79 Å². The van der Waals surface area contributed by atoms with Crippen LogP contribution in [0.4, 0.5) is 0 Å². The predicted molar refractivity (Wildman–Crippen MR) is 80.6 cm³/mol. The third-order valence-electron chi connectivity index (χ3n) is 4.92. The van der Waals surface area contributed by atoms with Gasteiger partial charge in [-0.2, -0.15) is 0 Å². The molecule has 20 heavy (non-hydrogen) atoms. The molecule has 0 aromatic heterocycles. The van der Waals surface area contributed by atoms with Crippen molar-refractivity contribution in [2.75, 3.05) is 13.1 Å². The van der Waals surface area contributed by atoms with E-state index < -0.39 is 0 Å². The van der Waals surface area contributed by atoms with Crippen molar-refractivity contribution in [1.82, 2.24) is 10.6 Å². The van der Waals surface area contributed by atoms with Crippen LogP contribution < -0.4 is 10.6 Å². The lowest BCUT2D eigenvalue weighted by molar-refractivity contribution is -0.124. The highest BCUT2D eigenvalue weighted by Gasteiger charge is 2.39. The zero-order valence-electron chi connectivity index (χ0n) is 12.0. The number of hydrogen-bond donors (Lipinski definition) is 2. The fourth-order valence-corrected chi connectivity index (χ4v) is 3.42. The summed E-state index contributed by atoms with van der Waals surface area (Å²) in [7, 11) is 0. The third-order valence-corrected chi connectivity index (χ3v) is 4.92. The van der Waals surface area contributed by atoms with Gasteiger partial charge in [0.2, 0.25) is 5.91 Å². The number of piperidine rings is 1. The van der Waals surface area contributed by atoms with Crippen LogP contribution in [-0.4, -0.2) is 25.0 Å². The maximum atomic E-state index is 12.2. The summed E-state index contributed by atoms with van der Waals surface area (Å²) in [5.41, 5.74) is 1.56. The SMILES string of the molecule is O=C(NCC1(c2ccccc2)CCC1)C1CCCCN1. The Morgan fingerprint density at radius 2 is 2.00 bits per heavy atom. The van der Waals surface area contributed by atoms with Gasteiger partial charge in [-0.15, -0.1) is 0 Å². The standard InChI is InChI=1S/C17H24N2O/c20-16(15-9-4-5-12-18-15)19-13-17(10-6-11-17)14-7-2-1-3-8-14/h1-3,7-8,15,18H,4-6,9-13H2,(H,19,20). The number of hydrogen-bond acceptors (Lipinski definition) is 2. The van der Waals surface area contributed by atoms with E-state index in [2.05, 4.69) is 41.0 Å². The van der Waals surface area contributed by atoms with Crippen LogP contribution in [0.15, 0.2) is 30.3 Å². The first-order valence-electron chi connectivity index (χ1n) is 7.87. The van der Waals surface area contributed by atoms with E-state index in [1.165, 1.54) is 31.2 Å². The monoisotopic (exact) mass is 272 g/mol. The van der Waals surface area contributed by atoms with Crippen LogP contribution in [0.1, 0.15) is 44.1 Å². The normalized spacial score (nSPS) is 24.7. The van der Waals surface area contributed by atoms with Crippen LogP contribution in [0.3, 0.4) is 0 Å². The third kappa shape index (κ3) is 2.73. The van der Waals surface area contributed by atoms with Crippen LogP contribution in [0.5, 0.6) is 0 Å². The second-order valence-corrected chi connectivity index (χ2v) is 6.22. The molecule has 1 aliphatic heterocycles. The molecule has 1 atom stereocenters. The number of carbonyl (C=O) groups excluding carboxylic acids is 1. The van der Waals surface area contributed by atoms with E-state index >= 15 is 0 Å². The van der Waals surface area contributed by atoms with Crippen LogP contribution >= 0.6 is 0 Å². The summed E-state index contributed by atoms with van der Waals surface area (Å²) >= 11 is 0. The zero-order valence-corrected chi connectivity index (χ0v) is 12.0. The topological polar surface area (TPSA) is 41.1 Å². The van der Waals surface area contributed by atoms with Crippen molar-refractivity contribution in [2.24, 2.45) is 0 Å². The van der Waals surface area contributed by atoms with Crippen LogP contribution in [0.2, 0.25) is 0 Å². The summed E-state index contributed by atoms with van der Waals surface area (Å²) in [6.45, 7) is 1.76. The molecule has 0 bridgehead atoms. The van der Waals surface area contributed by atoms with E-state index in [-0.39, 0.29) is 17.4 Å². The molecule has 1 unspecified atom stereocenters. The van der Waals surface area contributed by atoms with Crippen molar-refractivity contribution in [3.8, 4) is 0 Å². The van der Waals surface area contributed by atoms with Gasteiger partial charge in [-0.3, -0.25) is 4.79 Å². The summed E-state index contributed by atoms with van der Waals surface area (Å²) in [5.74, 6) is 0.187. The van der Waals surface area contributed by atoms with E-state index in [0.29, 0.717) is 0 Å². The molecule has 1 aromatic rings. The van der Waals surface area contributed by atoms with Crippen molar-refractivity contribution in [2.45, 2.75) is 50.0 Å². The van der Waals surface area contributed by atoms with Gasteiger partial charge in [0.05, 0.1) is 6.04 Å². The van der Waals surface area contributed by atoms with Crippen molar-refractivity contribution in [1.29, 1.82) is 0 Å². The molecule has 1 saturated heterocycles. The van der Waals surface area contributed by atoms with Gasteiger partial charge in [-0.05, 0) is 37.8 Å². The molecule has 3 heteroatoms. The van der Waals surface area contributed by atoms with E-state index in [1.54, 1.807) is 0 Å². The molecule has 3 nitrogen and oxygen atoms in total. The van der Waals surface area contributed by atoms with E-state index in [4.69, 9.17) is 0 Å². The molecule has 1 aromatic carbocycles. The maximum Gasteiger partial charge on any atom is 0.237 e. The lowest BCUT2D eigenvalue weighted by atomic mass is 9.64. The summed E-state index contributed by atoms with van der Waals surface area (Å²) in [5, 5.41) is 6.51. The number of rotatable bonds is 4. The molecule has 0 radical (unpaired) electrons. The number of nitrogens with one attached hydrogen (secondary N) is 2. The first kappa shape index (κ1) is 13.6. The Bertz CT molecular complexity index is 447. The molecule has 2 fully saturated rings. The molecule has 108 valence electrons. The molecular weight excluding hydrogens is 248 g/mol. The minimum absolute atomic E-state index is 0.0247. The van der Waals surface area contributed by atoms with Gasteiger partial charge < -0.3 is 10.6 Å². The predicted octanol–water partition coefficient (Wildman–Crippen LogP) is 2.37. The Labute approximate surface area is 121 Å². The Hall–Kier alpha value is -1.35. The lowest BCUT2D eigenvalue weighted by Gasteiger charge is -2.43. The van der Waals surface area contributed by atoms with Gasteiger partial charge in [0.25, 0.3) is 0 Å². The van der Waals surface area contributed by atoms with Gasteiger partial charge in [0, 0.05) is 12.0 Å². The minimum Gasteiger partial charge on any atom is -0.354 e. The van der Waals surface area contributed by atoms with Gasteiger partial charge in [0.15, 0.2) is 0 Å². The number of amides is 1. The smallest absolute Gasteiger partial charge is 0.237 e. The average Bonchev–Trinajstić information content (AvgIpc) is 2.48. The molecule has 2 N–H and O–H groups in total. The molecule has 2 aliphatic rings. The molecule has 1 amide bonds. The van der Waals surface area contributed by atoms with Gasteiger partial charge in [0.1, 0.15) is 0 Å². The Kier molecular flexibility index (Phi) is 4.06. The summed E-state index contributed by atoms with van der Waals surface area (Å²) < 4.78 is 0. The molecule has 0 spiro atoms. The Balaban J connectivity index is 1.60. The maximum absolute atomic E-state index is 12.2. The fourth-order valence-electron chi connectivity index (χ4n) is 3.42. The second kappa shape index (κ2) is 5.96. The number of benzene rings is 1. The highest BCUT2D eigenvalue weighted by molar-refractivity contribution is 5.81. The number of carbonyl (C=O) groups is 1. The summed E-state index contributed by atoms with van der Waals surface area (Å²) in [6, 6.07) is 10.7. The molecule has 1 heterocycles. The summed E-state index contributed by atoms with van der Waals surface area (Å²) in [4.78, 5) is 12.2. The van der Waals surface area contributed by atoms with Crippen molar-refractivity contribution in [3.63, 3.8) is 0 Å². The largest absolute Gasteiger partial charge is 0.354 e. The molecule has 1 saturated carbocycles. The summed E-state index contributed by atoms with van der Waals surface area (Å²) in [6.07, 6.45) is 6.98. The Morgan fingerprint density at radius 1 is 1.20 bits per heavy atom. The lowest BCUT2D eigenvalue weighted by Crippen LogP contribution is -2.51. The van der Waals surface area contributed by atoms with Crippen LogP contribution in [0.25, 0.3) is 0 Å². The quantitative estimate of drug-likeness (QED) is 0.883. The second-order valence-electron chi connectivity index (χ2n) is 6.22. The van der Waals surface area contributed by atoms with Gasteiger partial charge >= 0.3 is 0 Å². The van der Waals surface area contributed by atoms with E-state index in [1.807, 2.05) is 0 Å². The van der Waals surface area contributed by atoms with Crippen LogP contribution in [-0.2, 0) is 10.2 Å². The van der Waals surface area contributed by atoms with E-state index in [0.717, 1.165) is 25.9 Å². The molecule has 3 rings (SSSR count). The minimum atomic E-state index is 0.0247. The van der Waals surface area contributed by atoms with Gasteiger partial charge in [-0.25, -0.2) is 0 Å². The first-order chi connectivity index (χ1) is 9.80. The first-order valence-corrected chi connectivity index (χ1v) is 7.87. The highest BCUT2D eigenvalue weighted by Crippen LogP contribution is 2.43. The average molecular weight is 272 g/mol. The Morgan fingerprint density at radius 3 is 2.60 bits per heavy atom. The van der Waals surface area contributed by atoms with Crippen molar-refractivity contribution < 1.29 is 4.79 Å². The highest BCUT2D eigenvalue weighted by atomic mass is 16.2. The van der Waals surface area contributed by atoms with Crippen molar-refractivity contribution in [3.05, 3.63) is 35.9 Å². The van der Waals surface area contributed by atoms with Crippen molar-refractivity contribution >= 4 is 5.91 Å². The van der Waals surface area contributed by atoms with Crippen LogP contribution in [0, 0.1) is 0 Å². The fraction of sp³-hybridized carbons (Fsp3) is 0.588. The molecule has 1 aliphatic carbocycles. The zero-order chi connectivity index (χ0) is 13.8. The van der Waals surface area contributed by atoms with Gasteiger partial charge in [-0.1, -0.05) is 43.2 Å². The molecular formula is C17H24N2O.